The van der Waals surface area contributed by atoms with Crippen molar-refractivity contribution in [2.24, 2.45) is 5.16 Å². The first kappa shape index (κ1) is 35.3. The summed E-state index contributed by atoms with van der Waals surface area (Å²) in [4.78, 5) is 59.7. The molecule has 5 rings (SSSR count). The Bertz CT molecular complexity index is 1800. The molecule has 2 aliphatic rings. The fourth-order valence-corrected chi connectivity index (χ4v) is 6.55. The average Bonchev–Trinajstić information content (AvgIpc) is 3.65. The van der Waals surface area contributed by atoms with E-state index in [1.165, 1.54) is 17.5 Å². The van der Waals surface area contributed by atoms with Gasteiger partial charge >= 0.3 is 35.5 Å². The van der Waals surface area contributed by atoms with Gasteiger partial charge in [0.2, 0.25) is 0 Å². The molecule has 46 heavy (non-hydrogen) atoms. The van der Waals surface area contributed by atoms with Crippen LogP contribution < -0.4 is 45.7 Å². The van der Waals surface area contributed by atoms with Crippen LogP contribution in [0, 0.1) is 0 Å². The van der Waals surface area contributed by atoms with Gasteiger partial charge in [0.25, 0.3) is 11.8 Å². The number of β-lactam (4-membered cyclic amide) rings is 1. The molecule has 236 valence electrons. The molecule has 0 aliphatic carbocycles. The van der Waals surface area contributed by atoms with Gasteiger partial charge in [0, 0.05) is 35.3 Å². The molecule has 5 N–H and O–H groups in total. The van der Waals surface area contributed by atoms with E-state index in [-0.39, 0.29) is 97.7 Å². The van der Waals surface area contributed by atoms with Crippen LogP contribution >= 0.6 is 46.3 Å². The number of phenols is 2. The van der Waals surface area contributed by atoms with E-state index in [0.717, 1.165) is 34.9 Å². The monoisotopic (exact) mass is 720 g/mol. The summed E-state index contributed by atoms with van der Waals surface area (Å²) >= 11 is 14.2. The number of thiazole rings is 1. The molecule has 21 heteroatoms. The van der Waals surface area contributed by atoms with Crippen molar-refractivity contribution in [3.8, 4) is 22.8 Å². The Kier molecular flexibility index (Phi) is 11.1. The first-order valence-electron chi connectivity index (χ1n) is 12.5. The fraction of sp³-hybridized carbons (Fsp3) is 0.240. The molecule has 2 unspecified atom stereocenters. The van der Waals surface area contributed by atoms with Crippen LogP contribution in [0.1, 0.15) is 18.4 Å². The number of fused-ring (bicyclic) bond motifs is 1. The third kappa shape index (κ3) is 7.07. The molecule has 1 fully saturated rings. The van der Waals surface area contributed by atoms with E-state index in [9.17, 15) is 34.5 Å². The van der Waals surface area contributed by atoms with Crippen molar-refractivity contribution >= 4 is 80.9 Å². The van der Waals surface area contributed by atoms with Gasteiger partial charge in [0.05, 0.1) is 21.7 Å². The van der Waals surface area contributed by atoms with Crippen LogP contribution in [0.3, 0.4) is 0 Å². The Balaban J connectivity index is 0.00000480. The van der Waals surface area contributed by atoms with Crippen LogP contribution in [0.2, 0.25) is 10.0 Å². The number of oxime groups is 1. The number of carboxylic acid groups (broad SMARTS) is 1. The number of aliphatic carboxylic acids is 1. The number of ether oxygens (including phenoxy) is 1. The minimum absolute atomic E-state index is 0. The Morgan fingerprint density at radius 3 is 2.65 bits per heavy atom. The minimum Gasteiger partial charge on any atom is -0.543 e. The molecule has 3 aromatic rings. The number of nitrogens with one attached hydrogen (secondary N) is 1. The number of aromatic nitrogens is 2. The van der Waals surface area contributed by atoms with Crippen molar-refractivity contribution in [2.75, 3.05) is 18.1 Å². The molecule has 0 radical (unpaired) electrons. The van der Waals surface area contributed by atoms with Gasteiger partial charge in [-0.1, -0.05) is 33.5 Å². The summed E-state index contributed by atoms with van der Waals surface area (Å²) < 4.78 is 10.1. The summed E-state index contributed by atoms with van der Waals surface area (Å²) in [5, 5.41) is 42.2. The van der Waals surface area contributed by atoms with Crippen molar-refractivity contribution in [1.82, 2.24) is 20.4 Å². The van der Waals surface area contributed by atoms with E-state index in [1.807, 2.05) is 0 Å². The van der Waals surface area contributed by atoms with Gasteiger partial charge in [-0.15, -0.1) is 23.1 Å². The summed E-state index contributed by atoms with van der Waals surface area (Å²) in [5.74, 6) is -4.88. The zero-order valence-corrected chi connectivity index (χ0v) is 28.8. The number of benzene rings is 1. The molecule has 4 heterocycles. The van der Waals surface area contributed by atoms with Crippen molar-refractivity contribution < 1.29 is 78.2 Å². The summed E-state index contributed by atoms with van der Waals surface area (Å²) in [6.07, 6.45) is 0. The molecule has 2 aromatic heterocycles. The number of aromatic hydroxyl groups is 2. The van der Waals surface area contributed by atoms with Gasteiger partial charge < -0.3 is 45.3 Å². The van der Waals surface area contributed by atoms with Gasteiger partial charge in [-0.3, -0.25) is 19.3 Å². The Morgan fingerprint density at radius 2 is 2.00 bits per heavy atom. The first-order valence-corrected chi connectivity index (χ1v) is 15.1. The summed E-state index contributed by atoms with van der Waals surface area (Å²) in [6, 6.07) is 1.53. The second kappa shape index (κ2) is 14.5. The van der Waals surface area contributed by atoms with Crippen LogP contribution in [0.4, 0.5) is 5.13 Å². The maximum absolute atomic E-state index is 13.3. The number of nitrogens with zero attached hydrogens (tertiary/aromatic N) is 4. The number of amides is 2. The Labute approximate surface area is 298 Å². The number of anilines is 1. The number of esters is 1. The smallest absolute Gasteiger partial charge is 0.543 e. The molecular weight excluding hydrogens is 702 g/mol. The molecule has 2 amide bonds. The number of phenolic OH excluding ortho intramolecular Hbond substituents is 2. The topological polar surface area (TPSA) is 243 Å². The van der Waals surface area contributed by atoms with Crippen molar-refractivity contribution in [3.05, 3.63) is 50.3 Å². The number of carbonyl (C=O) groups is 4. The predicted molar refractivity (Wildman–Crippen MR) is 157 cm³/mol. The molecule has 0 saturated carbocycles. The number of nitrogens with two attached hydrogens (primary N) is 1. The van der Waals surface area contributed by atoms with Gasteiger partial charge in [0.1, 0.15) is 29.4 Å². The number of thioether (sulfide) groups is 1. The summed E-state index contributed by atoms with van der Waals surface area (Å²) in [6.45, 7) is 0.484. The van der Waals surface area contributed by atoms with Gasteiger partial charge in [-0.25, -0.2) is 4.98 Å². The Hall–Kier alpha value is -3.52. The fourth-order valence-electron chi connectivity index (χ4n) is 4.24. The summed E-state index contributed by atoms with van der Waals surface area (Å²) in [7, 11) is 0. The minimum atomic E-state index is -1.63. The van der Waals surface area contributed by atoms with Crippen LogP contribution in [0.15, 0.2) is 38.5 Å². The number of hydrogen-bond donors (Lipinski definition) is 4. The molecule has 1 aromatic carbocycles. The standard InChI is InChI=1S/C25H20Cl2N6O10S2.Na/c1-8(34)41-4-9-6-44-23-17(22(38)33(23)18(9)24(39)40)30-21(37)16(14-7-45-25(28)29-14)32-42-5-10-2-13(31-43-10)11-3-12(26)19(35)20(36)15(11)27;/h2-3,7,17,23,35-36H,4-6H2,1H3,(H2,28,29)(H,30,37)(H,39,40);/q;+1/p-1/b32-16-;. The molecule has 16 nitrogen and oxygen atoms in total. The van der Waals surface area contributed by atoms with E-state index < -0.39 is 52.4 Å². The van der Waals surface area contributed by atoms with Crippen LogP contribution in [-0.2, 0) is 35.4 Å². The van der Waals surface area contributed by atoms with Crippen molar-refractivity contribution in [3.63, 3.8) is 0 Å². The third-order valence-electron chi connectivity index (χ3n) is 6.32. The van der Waals surface area contributed by atoms with Crippen LogP contribution in [-0.4, -0.2) is 78.5 Å². The maximum atomic E-state index is 13.3. The zero-order valence-electron chi connectivity index (χ0n) is 23.6. The number of carbonyl (C=O) groups excluding carboxylic acids is 4. The normalized spacial score (nSPS) is 17.5. The first-order chi connectivity index (χ1) is 21.4. The molecule has 0 bridgehead atoms. The number of halogens is 2. The molecule has 1 saturated heterocycles. The largest absolute Gasteiger partial charge is 1.00 e. The third-order valence-corrected chi connectivity index (χ3v) is 9.00. The molecular formula is C25H19Cl2N6NaO10S2. The van der Waals surface area contributed by atoms with Crippen molar-refractivity contribution in [2.45, 2.75) is 24.9 Å². The number of hydrogen-bond acceptors (Lipinski definition) is 16. The van der Waals surface area contributed by atoms with E-state index in [2.05, 4.69) is 20.6 Å². The van der Waals surface area contributed by atoms with Gasteiger partial charge in [-0.2, -0.15) is 0 Å². The molecule has 2 atom stereocenters. The van der Waals surface area contributed by atoms with E-state index in [0.29, 0.717) is 0 Å². The van der Waals surface area contributed by atoms with Crippen molar-refractivity contribution in [1.29, 1.82) is 0 Å². The predicted octanol–water partition coefficient (Wildman–Crippen LogP) is -2.01. The average molecular weight is 721 g/mol. The van der Waals surface area contributed by atoms with E-state index in [1.54, 1.807) is 0 Å². The number of nitrogen functional groups attached to an aromatic ring is 1. The van der Waals surface area contributed by atoms with Crippen LogP contribution in [0.5, 0.6) is 11.5 Å². The number of rotatable bonds is 10. The molecule has 2 aliphatic heterocycles. The SMILES string of the molecule is CC(=O)OCC1=C(C(=O)[O-])N2C(=O)C(NC(=O)/C(=N\OCc3cc(-c4cc(Cl)c(O)c(O)c4Cl)no3)c3csc(N)n3)C2SC1.[Na+]. The second-order valence-electron chi connectivity index (χ2n) is 9.26. The number of carboxylic acids is 1. The second-order valence-corrected chi connectivity index (χ2v) is 12.0. The van der Waals surface area contributed by atoms with Gasteiger partial charge in [-0.05, 0) is 6.07 Å². The van der Waals surface area contributed by atoms with E-state index >= 15 is 0 Å². The summed E-state index contributed by atoms with van der Waals surface area (Å²) in [5.41, 5.74) is 5.47. The molecule has 0 spiro atoms. The maximum Gasteiger partial charge on any atom is 1.00 e. The van der Waals surface area contributed by atoms with E-state index in [4.69, 9.17) is 43.0 Å². The van der Waals surface area contributed by atoms with Crippen LogP contribution in [0.25, 0.3) is 11.3 Å². The quantitative estimate of drug-likeness (QED) is 0.0442. The zero-order chi connectivity index (χ0) is 32.6. The Morgan fingerprint density at radius 1 is 1.26 bits per heavy atom. The van der Waals surface area contributed by atoms with Gasteiger partial charge in [0.15, 0.2) is 34.7 Å².